The van der Waals surface area contributed by atoms with Gasteiger partial charge in [-0.25, -0.2) is 14.2 Å². The normalized spacial score (nSPS) is 37.4. The number of halogens is 2. The van der Waals surface area contributed by atoms with Gasteiger partial charge < -0.3 is 25.2 Å². The summed E-state index contributed by atoms with van der Waals surface area (Å²) in [6.07, 6.45) is -9.16. The van der Waals surface area contributed by atoms with Gasteiger partial charge in [-0.3, -0.25) is 4.79 Å². The van der Waals surface area contributed by atoms with Gasteiger partial charge in [0.25, 0.3) is 11.6 Å². The molecule has 0 aromatic carbocycles. The van der Waals surface area contributed by atoms with Crippen molar-refractivity contribution >= 4 is 5.78 Å². The fourth-order valence-electron chi connectivity index (χ4n) is 1.79. The van der Waals surface area contributed by atoms with Crippen molar-refractivity contribution in [1.29, 1.82) is 0 Å². The van der Waals surface area contributed by atoms with Crippen LogP contribution in [0.15, 0.2) is 5.22 Å². The number of carbonyl (C=O) groups excluding carboxylic acids is 1. The Morgan fingerprint density at radius 1 is 1.50 bits per heavy atom. The Bertz CT molecular complexity index is 420. The first-order chi connectivity index (χ1) is 9.29. The fraction of sp³-hybridized carbons (Fsp3) is 0.875. The molecule has 0 bridgehead atoms. The minimum Gasteiger partial charge on any atom is -0.394 e. The first-order valence-corrected chi connectivity index (χ1v) is 5.28. The summed E-state index contributed by atoms with van der Waals surface area (Å²) < 4.78 is 29.5. The van der Waals surface area contributed by atoms with Crippen LogP contribution in [-0.2, 0) is 9.53 Å². The SMILES string of the molecule is [N-]=[N+]=NN[C@@H]1[C@@H](O)[C@@H](O)[C@@H](CO)OC1(O)C(=O)C(F)F. The standard InChI is InChI=1S/C8H12F2N4O6/c9-7(10)6(18)8(19)5(12-14-13-11)4(17)3(16)2(1-15)20-8/h2-5,7,12,15-17,19H,1H2/t2-,3+,4+,5-,8?/m1/s1. The second-order valence-corrected chi connectivity index (χ2v) is 3.98. The van der Waals surface area contributed by atoms with Crippen LogP contribution in [0, 0.1) is 0 Å². The molecule has 0 radical (unpaired) electrons. The third-order valence-electron chi connectivity index (χ3n) is 2.80. The number of nitrogens with zero attached hydrogens (tertiary/aromatic N) is 3. The lowest BCUT2D eigenvalue weighted by atomic mass is 9.88. The molecular weight excluding hydrogens is 286 g/mol. The molecule has 0 spiro atoms. The predicted octanol–water partition coefficient (Wildman–Crippen LogP) is -2.19. The van der Waals surface area contributed by atoms with Crippen molar-refractivity contribution in [3.8, 4) is 0 Å². The highest BCUT2D eigenvalue weighted by molar-refractivity contribution is 5.89. The highest BCUT2D eigenvalue weighted by Crippen LogP contribution is 2.30. The van der Waals surface area contributed by atoms with Crippen molar-refractivity contribution in [3.05, 3.63) is 10.4 Å². The van der Waals surface area contributed by atoms with Crippen molar-refractivity contribution in [3.63, 3.8) is 0 Å². The lowest BCUT2D eigenvalue weighted by molar-refractivity contribution is -0.305. The van der Waals surface area contributed by atoms with Gasteiger partial charge in [0.2, 0.25) is 0 Å². The summed E-state index contributed by atoms with van der Waals surface area (Å²) in [6.45, 7) is -0.953. The Hall–Kier alpha value is -1.56. The molecule has 114 valence electrons. The smallest absolute Gasteiger partial charge is 0.301 e. The van der Waals surface area contributed by atoms with E-state index in [1.54, 1.807) is 5.43 Å². The van der Waals surface area contributed by atoms with Gasteiger partial charge in [0, 0.05) is 0 Å². The molecule has 5 N–H and O–H groups in total. The molecule has 0 aromatic heterocycles. The summed E-state index contributed by atoms with van der Waals surface area (Å²) in [6, 6.07) is -2.04. The minimum atomic E-state index is -3.66. The van der Waals surface area contributed by atoms with Gasteiger partial charge in [0.05, 0.1) is 6.61 Å². The van der Waals surface area contributed by atoms with Crippen molar-refractivity contribution in [2.75, 3.05) is 6.61 Å². The van der Waals surface area contributed by atoms with E-state index in [-0.39, 0.29) is 0 Å². The number of hydrogen-bond acceptors (Lipinski definition) is 7. The predicted molar refractivity (Wildman–Crippen MR) is 56.0 cm³/mol. The summed E-state index contributed by atoms with van der Waals surface area (Å²) in [5.41, 5.74) is 9.83. The van der Waals surface area contributed by atoms with Crippen molar-refractivity contribution in [2.24, 2.45) is 5.22 Å². The summed E-state index contributed by atoms with van der Waals surface area (Å²) in [5.74, 6) is -5.40. The molecule has 20 heavy (non-hydrogen) atoms. The zero-order valence-corrected chi connectivity index (χ0v) is 9.80. The molecular formula is C8H12F2N4O6. The number of ether oxygens (including phenoxy) is 1. The van der Waals surface area contributed by atoms with Gasteiger partial charge in [-0.15, -0.1) is 5.53 Å². The topological polar surface area (TPSA) is 168 Å². The zero-order chi connectivity index (χ0) is 15.5. The van der Waals surface area contributed by atoms with Gasteiger partial charge in [-0.2, -0.15) is 4.91 Å². The van der Waals surface area contributed by atoms with Gasteiger partial charge in [0.1, 0.15) is 18.3 Å². The first-order valence-electron chi connectivity index (χ1n) is 5.28. The number of ketones is 1. The summed E-state index contributed by atoms with van der Waals surface area (Å²) in [4.78, 5) is 13.5. The number of azide groups is 1. The lowest BCUT2D eigenvalue weighted by Gasteiger charge is -2.44. The third kappa shape index (κ3) is 2.80. The fourth-order valence-corrected chi connectivity index (χ4v) is 1.79. The van der Waals surface area contributed by atoms with E-state index in [9.17, 15) is 28.9 Å². The van der Waals surface area contributed by atoms with Crippen LogP contribution in [0.3, 0.4) is 0 Å². The Morgan fingerprint density at radius 3 is 2.55 bits per heavy atom. The number of alkyl halides is 2. The highest BCUT2D eigenvalue weighted by atomic mass is 19.3. The van der Waals surface area contributed by atoms with E-state index in [1.807, 2.05) is 0 Å². The molecule has 0 aliphatic carbocycles. The second-order valence-electron chi connectivity index (χ2n) is 3.98. The van der Waals surface area contributed by atoms with Crippen LogP contribution in [0.25, 0.3) is 10.4 Å². The number of nitrogens with one attached hydrogen (secondary N) is 1. The molecule has 1 heterocycles. The van der Waals surface area contributed by atoms with Gasteiger partial charge in [-0.05, 0) is 5.22 Å². The number of rotatable bonds is 5. The molecule has 1 unspecified atom stereocenters. The van der Waals surface area contributed by atoms with Crippen LogP contribution in [0.5, 0.6) is 0 Å². The Morgan fingerprint density at radius 2 is 2.10 bits per heavy atom. The quantitative estimate of drug-likeness (QED) is 0.166. The Balaban J connectivity index is 3.18. The van der Waals surface area contributed by atoms with Crippen LogP contribution in [0.2, 0.25) is 0 Å². The summed E-state index contributed by atoms with van der Waals surface area (Å²) in [5, 5.41) is 40.7. The molecule has 0 amide bonds. The summed E-state index contributed by atoms with van der Waals surface area (Å²) >= 11 is 0. The van der Waals surface area contributed by atoms with E-state index in [2.05, 4.69) is 14.9 Å². The second kappa shape index (κ2) is 6.26. The van der Waals surface area contributed by atoms with Gasteiger partial charge in [0.15, 0.2) is 6.04 Å². The van der Waals surface area contributed by atoms with Crippen LogP contribution in [0.1, 0.15) is 0 Å². The largest absolute Gasteiger partial charge is 0.394 e. The monoisotopic (exact) mass is 298 g/mol. The minimum absolute atomic E-state index is 0.953. The average Bonchev–Trinajstić information content (AvgIpc) is 2.41. The van der Waals surface area contributed by atoms with Crippen molar-refractivity contribution in [1.82, 2.24) is 5.43 Å². The van der Waals surface area contributed by atoms with Crippen LogP contribution < -0.4 is 5.43 Å². The maximum absolute atomic E-state index is 12.5. The number of carbonyl (C=O) groups is 1. The van der Waals surface area contributed by atoms with E-state index in [0.717, 1.165) is 0 Å². The van der Waals surface area contributed by atoms with E-state index >= 15 is 0 Å². The molecule has 12 heteroatoms. The summed E-state index contributed by atoms with van der Waals surface area (Å²) in [7, 11) is 0. The van der Waals surface area contributed by atoms with Crippen LogP contribution in [-0.4, -0.2) is 69.4 Å². The number of Topliss-reactive ketones (excluding diaryl/α,β-unsaturated/α-hetero) is 1. The van der Waals surface area contributed by atoms with E-state index < -0.39 is 49.0 Å². The highest BCUT2D eigenvalue weighted by Gasteiger charge is 2.61. The Labute approximate surface area is 110 Å². The molecule has 1 fully saturated rings. The van der Waals surface area contributed by atoms with Gasteiger partial charge >= 0.3 is 6.43 Å². The maximum atomic E-state index is 12.5. The molecule has 10 nitrogen and oxygen atoms in total. The third-order valence-corrected chi connectivity index (χ3v) is 2.80. The number of aliphatic hydroxyl groups is 4. The lowest BCUT2D eigenvalue weighted by Crippen LogP contribution is -2.72. The van der Waals surface area contributed by atoms with Crippen molar-refractivity contribution in [2.45, 2.75) is 36.6 Å². The average molecular weight is 298 g/mol. The molecule has 1 aliphatic heterocycles. The molecule has 0 aromatic rings. The van der Waals surface area contributed by atoms with E-state index in [0.29, 0.717) is 0 Å². The number of hydrogen-bond donors (Lipinski definition) is 5. The number of aliphatic hydroxyl groups excluding tert-OH is 3. The molecule has 1 saturated heterocycles. The van der Waals surface area contributed by atoms with Gasteiger partial charge in [-0.1, -0.05) is 0 Å². The zero-order valence-electron chi connectivity index (χ0n) is 9.80. The maximum Gasteiger partial charge on any atom is 0.301 e. The molecule has 0 saturated carbocycles. The molecule has 1 aliphatic rings. The van der Waals surface area contributed by atoms with Crippen LogP contribution in [0.4, 0.5) is 8.78 Å². The van der Waals surface area contributed by atoms with Crippen molar-refractivity contribution < 1.29 is 38.7 Å². The molecule has 5 atom stereocenters. The van der Waals surface area contributed by atoms with E-state index in [1.165, 1.54) is 0 Å². The first kappa shape index (κ1) is 16.5. The Kier molecular flexibility index (Phi) is 5.16. The molecule has 1 rings (SSSR count). The van der Waals surface area contributed by atoms with E-state index in [4.69, 9.17) is 10.6 Å². The van der Waals surface area contributed by atoms with Crippen LogP contribution >= 0.6 is 0 Å².